The van der Waals surface area contributed by atoms with E-state index in [0.717, 1.165) is 11.1 Å². The molecule has 6 heteroatoms. The zero-order chi connectivity index (χ0) is 13.0. The highest BCUT2D eigenvalue weighted by molar-refractivity contribution is 5.90. The Hall–Kier alpha value is -2.21. The quantitative estimate of drug-likeness (QED) is 0.819. The Morgan fingerprint density at radius 3 is 2.72 bits per heavy atom. The number of hydrogen-bond donors (Lipinski definition) is 2. The third-order valence-electron chi connectivity index (χ3n) is 2.65. The van der Waals surface area contributed by atoms with E-state index in [4.69, 9.17) is 5.73 Å². The molecule has 0 bridgehead atoms. The summed E-state index contributed by atoms with van der Waals surface area (Å²) in [6.45, 7) is 0.424. The van der Waals surface area contributed by atoms with Crippen LogP contribution in [-0.2, 0) is 24.8 Å². The second kappa shape index (κ2) is 5.42. The van der Waals surface area contributed by atoms with Crippen LogP contribution in [0.3, 0.4) is 0 Å². The van der Waals surface area contributed by atoms with Gasteiger partial charge in [0.15, 0.2) is 0 Å². The highest BCUT2D eigenvalue weighted by Gasteiger charge is 2.09. The van der Waals surface area contributed by atoms with Gasteiger partial charge in [0.1, 0.15) is 6.33 Å². The first-order chi connectivity index (χ1) is 8.70. The molecule has 2 aromatic rings. The molecule has 1 aromatic heterocycles. The predicted molar refractivity (Wildman–Crippen MR) is 67.7 cm³/mol. The molecule has 0 unspecified atom stereocenters. The van der Waals surface area contributed by atoms with Crippen LogP contribution in [0.15, 0.2) is 30.6 Å². The van der Waals surface area contributed by atoms with E-state index in [1.165, 1.54) is 11.0 Å². The Balaban J connectivity index is 2.05. The van der Waals surface area contributed by atoms with Crippen LogP contribution in [0.1, 0.15) is 11.1 Å². The molecule has 0 aliphatic rings. The summed E-state index contributed by atoms with van der Waals surface area (Å²) in [7, 11) is 1.72. The molecule has 0 saturated heterocycles. The molecule has 0 aliphatic heterocycles. The summed E-state index contributed by atoms with van der Waals surface area (Å²) in [6, 6.07) is 7.62. The van der Waals surface area contributed by atoms with Crippen molar-refractivity contribution in [2.45, 2.75) is 13.0 Å². The fraction of sp³-hybridized carbons (Fsp3) is 0.250. The van der Waals surface area contributed by atoms with Crippen molar-refractivity contribution in [2.75, 3.05) is 5.32 Å². The number of nitrogens with two attached hydrogens (primary N) is 1. The lowest BCUT2D eigenvalue weighted by Crippen LogP contribution is -2.18. The van der Waals surface area contributed by atoms with Crippen LogP contribution >= 0.6 is 0 Å². The maximum absolute atomic E-state index is 11.9. The van der Waals surface area contributed by atoms with Gasteiger partial charge in [-0.05, 0) is 11.1 Å². The molecule has 18 heavy (non-hydrogen) atoms. The van der Waals surface area contributed by atoms with Crippen molar-refractivity contribution in [1.29, 1.82) is 0 Å². The molecule has 0 atom stereocenters. The Kier molecular flexibility index (Phi) is 3.69. The average molecular weight is 245 g/mol. The number of amides is 1. The molecule has 0 fully saturated rings. The van der Waals surface area contributed by atoms with Gasteiger partial charge in [-0.2, -0.15) is 10.1 Å². The lowest BCUT2D eigenvalue weighted by Gasteiger charge is -2.07. The van der Waals surface area contributed by atoms with Crippen LogP contribution in [-0.4, -0.2) is 20.7 Å². The lowest BCUT2D eigenvalue weighted by molar-refractivity contribution is -0.115. The maximum atomic E-state index is 11.9. The van der Waals surface area contributed by atoms with E-state index in [0.29, 0.717) is 12.5 Å². The molecule has 94 valence electrons. The van der Waals surface area contributed by atoms with Crippen molar-refractivity contribution in [2.24, 2.45) is 12.8 Å². The van der Waals surface area contributed by atoms with Crippen LogP contribution < -0.4 is 11.1 Å². The molecule has 0 radical (unpaired) electrons. The maximum Gasteiger partial charge on any atom is 0.231 e. The zero-order valence-corrected chi connectivity index (χ0v) is 10.1. The number of hydrogen-bond acceptors (Lipinski definition) is 4. The summed E-state index contributed by atoms with van der Waals surface area (Å²) in [5.74, 6) is 0.303. The minimum atomic E-state index is -0.132. The second-order valence-corrected chi connectivity index (χ2v) is 3.91. The standard InChI is InChI=1S/C12H15N5O/c1-17-12(14-8-15-17)16-11(18)6-9-4-2-3-5-10(9)7-13/h2-5,8H,6-7,13H2,1H3,(H,14,15,16,18). The molecule has 0 spiro atoms. The number of carbonyl (C=O) groups is 1. The predicted octanol–water partition coefficient (Wildman–Crippen LogP) is 0.455. The summed E-state index contributed by atoms with van der Waals surface area (Å²) in [5.41, 5.74) is 7.54. The Bertz CT molecular complexity index is 549. The monoisotopic (exact) mass is 245 g/mol. The normalized spacial score (nSPS) is 10.3. The lowest BCUT2D eigenvalue weighted by atomic mass is 10.0. The number of nitrogens with zero attached hydrogens (tertiary/aromatic N) is 3. The van der Waals surface area contributed by atoms with Crippen LogP contribution in [0.5, 0.6) is 0 Å². The van der Waals surface area contributed by atoms with Gasteiger partial charge in [0.2, 0.25) is 11.9 Å². The Morgan fingerprint density at radius 2 is 2.11 bits per heavy atom. The summed E-state index contributed by atoms with van der Waals surface area (Å²) in [6.07, 6.45) is 1.67. The van der Waals surface area contributed by atoms with Crippen molar-refractivity contribution < 1.29 is 4.79 Å². The van der Waals surface area contributed by atoms with E-state index < -0.39 is 0 Å². The van der Waals surface area contributed by atoms with Crippen molar-refractivity contribution in [1.82, 2.24) is 14.8 Å². The second-order valence-electron chi connectivity index (χ2n) is 3.91. The molecule has 0 saturated carbocycles. The van der Waals surface area contributed by atoms with E-state index in [2.05, 4.69) is 15.4 Å². The van der Waals surface area contributed by atoms with Gasteiger partial charge < -0.3 is 5.73 Å². The van der Waals surface area contributed by atoms with Crippen LogP contribution in [0.4, 0.5) is 5.95 Å². The van der Waals surface area contributed by atoms with Gasteiger partial charge in [0.25, 0.3) is 0 Å². The molecule has 1 heterocycles. The third-order valence-corrected chi connectivity index (χ3v) is 2.65. The van der Waals surface area contributed by atoms with Gasteiger partial charge in [-0.1, -0.05) is 24.3 Å². The Labute approximate surface area is 105 Å². The number of benzene rings is 1. The van der Waals surface area contributed by atoms with Gasteiger partial charge >= 0.3 is 0 Å². The molecule has 1 amide bonds. The van der Waals surface area contributed by atoms with E-state index in [1.807, 2.05) is 24.3 Å². The summed E-state index contributed by atoms with van der Waals surface area (Å²) >= 11 is 0. The zero-order valence-electron chi connectivity index (χ0n) is 10.1. The smallest absolute Gasteiger partial charge is 0.231 e. The minimum Gasteiger partial charge on any atom is -0.326 e. The summed E-state index contributed by atoms with van der Waals surface area (Å²) in [4.78, 5) is 15.8. The summed E-state index contributed by atoms with van der Waals surface area (Å²) in [5, 5.41) is 6.58. The molecule has 6 nitrogen and oxygen atoms in total. The van der Waals surface area contributed by atoms with Gasteiger partial charge in [0, 0.05) is 13.6 Å². The van der Waals surface area contributed by atoms with Crippen molar-refractivity contribution in [3.63, 3.8) is 0 Å². The topological polar surface area (TPSA) is 85.8 Å². The van der Waals surface area contributed by atoms with Crippen molar-refractivity contribution in [3.8, 4) is 0 Å². The molecular formula is C12H15N5O. The molecule has 0 aliphatic carbocycles. The highest BCUT2D eigenvalue weighted by atomic mass is 16.1. The average Bonchev–Trinajstić information content (AvgIpc) is 2.75. The first-order valence-electron chi connectivity index (χ1n) is 5.61. The fourth-order valence-corrected chi connectivity index (χ4v) is 1.68. The van der Waals surface area contributed by atoms with Crippen molar-refractivity contribution in [3.05, 3.63) is 41.7 Å². The summed E-state index contributed by atoms with van der Waals surface area (Å²) < 4.78 is 1.51. The first-order valence-corrected chi connectivity index (χ1v) is 5.61. The van der Waals surface area contributed by atoms with Crippen LogP contribution in [0, 0.1) is 0 Å². The van der Waals surface area contributed by atoms with E-state index >= 15 is 0 Å². The highest BCUT2D eigenvalue weighted by Crippen LogP contribution is 2.09. The number of aryl methyl sites for hydroxylation is 1. The number of carbonyl (C=O) groups excluding carboxylic acids is 1. The van der Waals surface area contributed by atoms with Gasteiger partial charge in [0.05, 0.1) is 6.42 Å². The molecule has 2 rings (SSSR count). The van der Waals surface area contributed by atoms with Crippen LogP contribution in [0.2, 0.25) is 0 Å². The van der Waals surface area contributed by atoms with Gasteiger partial charge in [-0.15, -0.1) is 0 Å². The van der Waals surface area contributed by atoms with Crippen LogP contribution in [0.25, 0.3) is 0 Å². The van der Waals surface area contributed by atoms with E-state index in [9.17, 15) is 4.79 Å². The molecule has 1 aromatic carbocycles. The van der Waals surface area contributed by atoms with Gasteiger partial charge in [-0.3, -0.25) is 10.1 Å². The van der Waals surface area contributed by atoms with Gasteiger partial charge in [-0.25, -0.2) is 4.68 Å². The number of aromatic nitrogens is 3. The van der Waals surface area contributed by atoms with E-state index in [-0.39, 0.29) is 12.3 Å². The largest absolute Gasteiger partial charge is 0.326 e. The third kappa shape index (κ3) is 2.72. The fourth-order valence-electron chi connectivity index (χ4n) is 1.68. The number of anilines is 1. The molecule has 3 N–H and O–H groups in total. The Morgan fingerprint density at radius 1 is 1.39 bits per heavy atom. The SMILES string of the molecule is Cn1ncnc1NC(=O)Cc1ccccc1CN. The molecular weight excluding hydrogens is 230 g/mol. The number of rotatable bonds is 4. The number of nitrogens with one attached hydrogen (secondary N) is 1. The van der Waals surface area contributed by atoms with Crippen molar-refractivity contribution >= 4 is 11.9 Å². The first kappa shape index (κ1) is 12.3. The van der Waals surface area contributed by atoms with E-state index in [1.54, 1.807) is 7.05 Å². The minimum absolute atomic E-state index is 0.132.